The summed E-state index contributed by atoms with van der Waals surface area (Å²) in [5.41, 5.74) is -0.535. The molecule has 2 amide bonds. The molecule has 1 aliphatic rings. The maximum absolute atomic E-state index is 13.0. The number of ether oxygens (including phenoxy) is 1. The third-order valence-electron chi connectivity index (χ3n) is 4.67. The molecule has 8 nitrogen and oxygen atoms in total. The lowest BCUT2D eigenvalue weighted by Gasteiger charge is -2.39. The summed E-state index contributed by atoms with van der Waals surface area (Å²) in [7, 11) is 1.14. The van der Waals surface area contributed by atoms with E-state index in [4.69, 9.17) is 21.2 Å². The standard InChI is InChI=1S/C19H23ClN2O6/c1-13(23)21-11-17(25)28-22(18(26)27-2)12-19(10-6-5-9-16(19)24)14-7-3-4-8-15(14)20/h3-4,7-8H,5-6,9-12H2,1-2H3,(H,21,23). The normalized spacial score (nSPS) is 18.9. The molecule has 9 heteroatoms. The van der Waals surface area contributed by atoms with Gasteiger partial charge in [0.15, 0.2) is 0 Å². The van der Waals surface area contributed by atoms with Crippen LogP contribution < -0.4 is 5.32 Å². The van der Waals surface area contributed by atoms with Crippen LogP contribution in [0.2, 0.25) is 5.02 Å². The Labute approximate surface area is 168 Å². The molecule has 1 aromatic rings. The second-order valence-corrected chi connectivity index (χ2v) is 6.98. The first-order chi connectivity index (χ1) is 13.3. The molecule has 1 fully saturated rings. The maximum atomic E-state index is 13.0. The molecule has 0 saturated heterocycles. The molecule has 1 N–H and O–H groups in total. The van der Waals surface area contributed by atoms with E-state index in [2.05, 4.69) is 5.32 Å². The lowest BCUT2D eigenvalue weighted by atomic mass is 9.68. The first-order valence-corrected chi connectivity index (χ1v) is 9.27. The van der Waals surface area contributed by atoms with Gasteiger partial charge in [0.25, 0.3) is 0 Å². The molecule has 1 aliphatic carbocycles. The average molecular weight is 411 g/mol. The van der Waals surface area contributed by atoms with Gasteiger partial charge in [0.2, 0.25) is 5.91 Å². The Balaban J connectivity index is 2.34. The number of hydroxylamine groups is 2. The SMILES string of the molecule is COC(=O)N(CC1(c2ccccc2Cl)CCCCC1=O)OC(=O)CNC(C)=O. The van der Waals surface area contributed by atoms with Crippen molar-refractivity contribution in [2.24, 2.45) is 0 Å². The summed E-state index contributed by atoms with van der Waals surface area (Å²) in [6.07, 6.45) is 1.35. The molecule has 0 heterocycles. The number of nitrogens with zero attached hydrogens (tertiary/aromatic N) is 1. The number of hydrogen-bond acceptors (Lipinski definition) is 6. The summed E-state index contributed by atoms with van der Waals surface area (Å²) in [4.78, 5) is 53.3. The van der Waals surface area contributed by atoms with Crippen LogP contribution in [-0.2, 0) is 29.4 Å². The van der Waals surface area contributed by atoms with Gasteiger partial charge in [-0.05, 0) is 24.5 Å². The quantitative estimate of drug-likeness (QED) is 0.748. The number of Topliss-reactive ketones (excluding diaryl/α,β-unsaturated/α-hetero) is 1. The Bertz CT molecular complexity index is 769. The number of nitrogens with one attached hydrogen (secondary N) is 1. The summed E-state index contributed by atoms with van der Waals surface area (Å²) in [5.74, 6) is -1.37. The van der Waals surface area contributed by atoms with Gasteiger partial charge in [-0.25, -0.2) is 9.59 Å². The number of methoxy groups -OCH3 is 1. The van der Waals surface area contributed by atoms with E-state index < -0.39 is 29.9 Å². The molecule has 1 unspecified atom stereocenters. The number of halogens is 1. The van der Waals surface area contributed by atoms with E-state index in [-0.39, 0.29) is 12.3 Å². The molecule has 28 heavy (non-hydrogen) atoms. The Morgan fingerprint density at radius 3 is 2.57 bits per heavy atom. The Hall–Kier alpha value is -2.61. The second-order valence-electron chi connectivity index (χ2n) is 6.57. The van der Waals surface area contributed by atoms with E-state index in [1.54, 1.807) is 24.3 Å². The summed E-state index contributed by atoms with van der Waals surface area (Å²) in [6, 6.07) is 6.92. The van der Waals surface area contributed by atoms with Crippen LogP contribution in [0.1, 0.15) is 38.2 Å². The number of carbonyl (C=O) groups excluding carboxylic acids is 4. The highest BCUT2D eigenvalue weighted by Crippen LogP contribution is 2.41. The fraction of sp³-hybridized carbons (Fsp3) is 0.474. The van der Waals surface area contributed by atoms with Gasteiger partial charge in [-0.1, -0.05) is 36.2 Å². The van der Waals surface area contributed by atoms with Crippen molar-refractivity contribution in [2.75, 3.05) is 20.2 Å². The zero-order valence-electron chi connectivity index (χ0n) is 15.8. The smallest absolute Gasteiger partial charge is 0.443 e. The minimum absolute atomic E-state index is 0.0846. The number of carbonyl (C=O) groups is 4. The van der Waals surface area contributed by atoms with Crippen molar-refractivity contribution >= 4 is 35.4 Å². The molecule has 0 aromatic heterocycles. The molecular weight excluding hydrogens is 388 g/mol. The summed E-state index contributed by atoms with van der Waals surface area (Å²) < 4.78 is 4.70. The highest BCUT2D eigenvalue weighted by molar-refractivity contribution is 6.31. The van der Waals surface area contributed by atoms with Gasteiger partial charge < -0.3 is 14.9 Å². The largest absolute Gasteiger partial charge is 0.451 e. The Kier molecular flexibility index (Phi) is 7.39. The fourth-order valence-electron chi connectivity index (χ4n) is 3.31. The molecule has 1 saturated carbocycles. The van der Waals surface area contributed by atoms with E-state index in [1.165, 1.54) is 6.92 Å². The van der Waals surface area contributed by atoms with Crippen molar-refractivity contribution in [3.05, 3.63) is 34.9 Å². The first kappa shape index (κ1) is 21.7. The van der Waals surface area contributed by atoms with E-state index in [9.17, 15) is 19.2 Å². The van der Waals surface area contributed by atoms with Crippen molar-refractivity contribution in [3.63, 3.8) is 0 Å². The lowest BCUT2D eigenvalue weighted by molar-refractivity contribution is -0.184. The molecule has 0 aliphatic heterocycles. The molecule has 0 bridgehead atoms. The molecule has 0 radical (unpaired) electrons. The van der Waals surface area contributed by atoms with Crippen LogP contribution in [-0.4, -0.2) is 49.0 Å². The first-order valence-electron chi connectivity index (χ1n) is 8.89. The zero-order valence-corrected chi connectivity index (χ0v) is 16.6. The Morgan fingerprint density at radius 2 is 1.96 bits per heavy atom. The van der Waals surface area contributed by atoms with Crippen molar-refractivity contribution in [1.82, 2.24) is 10.4 Å². The monoisotopic (exact) mass is 410 g/mol. The van der Waals surface area contributed by atoms with Crippen LogP contribution in [0.25, 0.3) is 0 Å². The van der Waals surface area contributed by atoms with Crippen LogP contribution in [0.3, 0.4) is 0 Å². The molecular formula is C19H23ClN2O6. The van der Waals surface area contributed by atoms with Gasteiger partial charge in [0, 0.05) is 18.4 Å². The number of rotatable bonds is 5. The highest BCUT2D eigenvalue weighted by atomic mass is 35.5. The minimum atomic E-state index is -1.11. The van der Waals surface area contributed by atoms with E-state index in [0.29, 0.717) is 23.4 Å². The van der Waals surface area contributed by atoms with Gasteiger partial charge in [-0.2, -0.15) is 0 Å². The molecule has 152 valence electrons. The predicted octanol–water partition coefficient (Wildman–Crippen LogP) is 2.38. The maximum Gasteiger partial charge on any atom is 0.443 e. The molecule has 0 spiro atoms. The van der Waals surface area contributed by atoms with Gasteiger partial charge in [-0.3, -0.25) is 9.59 Å². The molecule has 2 rings (SSSR count). The third-order valence-corrected chi connectivity index (χ3v) is 5.00. The number of ketones is 1. The molecule has 1 aromatic carbocycles. The van der Waals surface area contributed by atoms with Crippen LogP contribution >= 0.6 is 11.6 Å². The van der Waals surface area contributed by atoms with Gasteiger partial charge in [0.1, 0.15) is 12.3 Å². The van der Waals surface area contributed by atoms with Crippen molar-refractivity contribution in [1.29, 1.82) is 0 Å². The van der Waals surface area contributed by atoms with Crippen molar-refractivity contribution in [2.45, 2.75) is 38.0 Å². The fourth-order valence-corrected chi connectivity index (χ4v) is 3.63. The highest BCUT2D eigenvalue weighted by Gasteiger charge is 2.46. The van der Waals surface area contributed by atoms with Gasteiger partial charge >= 0.3 is 12.1 Å². The van der Waals surface area contributed by atoms with Crippen LogP contribution in [0.5, 0.6) is 0 Å². The van der Waals surface area contributed by atoms with E-state index >= 15 is 0 Å². The van der Waals surface area contributed by atoms with Crippen molar-refractivity contribution in [3.8, 4) is 0 Å². The predicted molar refractivity (Wildman–Crippen MR) is 100 cm³/mol. The zero-order chi connectivity index (χ0) is 20.7. The summed E-state index contributed by atoms with van der Waals surface area (Å²) in [5, 5.41) is 3.40. The Morgan fingerprint density at radius 1 is 1.25 bits per heavy atom. The summed E-state index contributed by atoms with van der Waals surface area (Å²) in [6.45, 7) is 0.600. The minimum Gasteiger partial charge on any atom is -0.451 e. The number of hydrogen-bond donors (Lipinski definition) is 1. The van der Waals surface area contributed by atoms with E-state index in [0.717, 1.165) is 25.0 Å². The van der Waals surface area contributed by atoms with Crippen LogP contribution in [0.4, 0.5) is 4.79 Å². The van der Waals surface area contributed by atoms with Crippen LogP contribution in [0.15, 0.2) is 24.3 Å². The lowest BCUT2D eigenvalue weighted by Crippen LogP contribution is -2.51. The van der Waals surface area contributed by atoms with Crippen LogP contribution in [0, 0.1) is 0 Å². The summed E-state index contributed by atoms with van der Waals surface area (Å²) >= 11 is 6.36. The van der Waals surface area contributed by atoms with E-state index in [1.807, 2.05) is 0 Å². The van der Waals surface area contributed by atoms with Gasteiger partial charge in [-0.15, -0.1) is 5.06 Å². The average Bonchev–Trinajstić information content (AvgIpc) is 2.67. The second kappa shape index (κ2) is 9.54. The number of amides is 2. The van der Waals surface area contributed by atoms with Gasteiger partial charge in [0.05, 0.1) is 19.1 Å². The molecule has 1 atom stereocenters. The topological polar surface area (TPSA) is 102 Å². The number of benzene rings is 1. The third kappa shape index (κ3) is 5.01. The van der Waals surface area contributed by atoms with Crippen molar-refractivity contribution < 1.29 is 28.8 Å².